The third-order valence-electron chi connectivity index (χ3n) is 2.46. The molecule has 90 valence electrons. The van der Waals surface area contributed by atoms with E-state index in [9.17, 15) is 8.78 Å². The number of halogens is 2. The van der Waals surface area contributed by atoms with Crippen LogP contribution >= 0.6 is 0 Å². The zero-order chi connectivity index (χ0) is 12.6. The molecule has 2 aromatic rings. The molecule has 1 aromatic carbocycles. The largest absolute Gasteiger partial charge is 0.368 e. The minimum absolute atomic E-state index is 0.0873. The van der Waals surface area contributed by atoms with E-state index in [0.717, 1.165) is 0 Å². The summed E-state index contributed by atoms with van der Waals surface area (Å²) < 4.78 is 32.0. The van der Waals surface area contributed by atoms with Crippen LogP contribution in [0.3, 0.4) is 0 Å². The van der Waals surface area contributed by atoms with Crippen LogP contribution in [-0.4, -0.2) is 5.16 Å². The number of hydrogen-bond acceptors (Lipinski definition) is 3. The van der Waals surface area contributed by atoms with Gasteiger partial charge in [0.2, 0.25) is 5.88 Å². The molecule has 0 aliphatic carbocycles. The quantitative estimate of drug-likeness (QED) is 0.873. The molecule has 17 heavy (non-hydrogen) atoms. The van der Waals surface area contributed by atoms with Gasteiger partial charge in [-0.25, -0.2) is 8.78 Å². The van der Waals surface area contributed by atoms with Crippen LogP contribution < -0.4 is 5.73 Å². The fourth-order valence-electron chi connectivity index (χ4n) is 1.51. The van der Waals surface area contributed by atoms with Crippen molar-refractivity contribution in [2.45, 2.75) is 19.5 Å². The second-order valence-electron chi connectivity index (χ2n) is 4.28. The van der Waals surface area contributed by atoms with Gasteiger partial charge in [-0.3, -0.25) is 0 Å². The second-order valence-corrected chi connectivity index (χ2v) is 4.28. The topological polar surface area (TPSA) is 52.0 Å². The Morgan fingerprint density at radius 1 is 1.29 bits per heavy atom. The van der Waals surface area contributed by atoms with Crippen LogP contribution in [0.2, 0.25) is 0 Å². The lowest BCUT2D eigenvalue weighted by molar-refractivity contribution is 0.221. The van der Waals surface area contributed by atoms with Gasteiger partial charge in [-0.2, -0.15) is 0 Å². The zero-order valence-corrected chi connectivity index (χ0v) is 9.50. The van der Waals surface area contributed by atoms with Gasteiger partial charge < -0.3 is 10.3 Å². The van der Waals surface area contributed by atoms with Crippen LogP contribution in [0.1, 0.15) is 19.4 Å². The first-order chi connectivity index (χ1) is 7.88. The Morgan fingerprint density at radius 2 is 2.00 bits per heavy atom. The molecule has 0 aliphatic heterocycles. The van der Waals surface area contributed by atoms with Gasteiger partial charge in [-0.1, -0.05) is 11.2 Å². The highest BCUT2D eigenvalue weighted by molar-refractivity contribution is 5.63. The molecule has 0 unspecified atom stereocenters. The van der Waals surface area contributed by atoms with Crippen molar-refractivity contribution in [3.05, 3.63) is 35.6 Å². The van der Waals surface area contributed by atoms with Crippen LogP contribution in [-0.2, 0) is 5.67 Å². The van der Waals surface area contributed by atoms with E-state index in [4.69, 9.17) is 5.73 Å². The van der Waals surface area contributed by atoms with E-state index in [1.54, 1.807) is 0 Å². The predicted molar refractivity (Wildman–Crippen MR) is 60.4 cm³/mol. The van der Waals surface area contributed by atoms with Crippen molar-refractivity contribution in [2.24, 2.45) is 0 Å². The first-order valence-corrected chi connectivity index (χ1v) is 5.09. The molecule has 0 bridgehead atoms. The van der Waals surface area contributed by atoms with Crippen molar-refractivity contribution in [3.63, 3.8) is 0 Å². The van der Waals surface area contributed by atoms with E-state index in [1.807, 2.05) is 0 Å². The van der Waals surface area contributed by atoms with Gasteiger partial charge in [-0.15, -0.1) is 0 Å². The van der Waals surface area contributed by atoms with Crippen molar-refractivity contribution < 1.29 is 13.3 Å². The lowest BCUT2D eigenvalue weighted by atomic mass is 9.97. The summed E-state index contributed by atoms with van der Waals surface area (Å²) in [5, 5.41) is 3.61. The molecule has 0 atom stereocenters. The Hall–Kier alpha value is -1.91. The average Bonchev–Trinajstić information content (AvgIpc) is 2.63. The number of anilines is 1. The van der Waals surface area contributed by atoms with Crippen LogP contribution in [0.5, 0.6) is 0 Å². The van der Waals surface area contributed by atoms with Gasteiger partial charge in [0, 0.05) is 11.6 Å². The Morgan fingerprint density at radius 3 is 2.53 bits per heavy atom. The van der Waals surface area contributed by atoms with Gasteiger partial charge in [0.05, 0.1) is 0 Å². The molecular weight excluding hydrogens is 226 g/mol. The van der Waals surface area contributed by atoms with E-state index in [0.29, 0.717) is 5.56 Å². The number of nitrogens with two attached hydrogens (primary N) is 1. The number of nitrogen functional groups attached to an aromatic ring is 1. The van der Waals surface area contributed by atoms with Gasteiger partial charge in [-0.05, 0) is 31.5 Å². The number of benzene rings is 1. The molecule has 0 amide bonds. The fourth-order valence-corrected chi connectivity index (χ4v) is 1.51. The molecule has 2 N–H and O–H groups in total. The molecule has 0 saturated carbocycles. The van der Waals surface area contributed by atoms with Crippen LogP contribution in [0.4, 0.5) is 14.7 Å². The Kier molecular flexibility index (Phi) is 2.61. The van der Waals surface area contributed by atoms with Gasteiger partial charge in [0.15, 0.2) is 0 Å². The Balaban J connectivity index is 2.54. The highest BCUT2D eigenvalue weighted by atomic mass is 19.1. The van der Waals surface area contributed by atoms with Crippen molar-refractivity contribution in [1.29, 1.82) is 0 Å². The van der Waals surface area contributed by atoms with Crippen molar-refractivity contribution in [1.82, 2.24) is 5.16 Å². The molecule has 2 rings (SSSR count). The summed E-state index contributed by atoms with van der Waals surface area (Å²) in [6.07, 6.45) is 0. The fraction of sp³-hybridized carbons (Fsp3) is 0.250. The summed E-state index contributed by atoms with van der Waals surface area (Å²) in [5.74, 6) is -0.407. The summed E-state index contributed by atoms with van der Waals surface area (Å²) in [4.78, 5) is 0. The maximum atomic E-state index is 13.8. The summed E-state index contributed by atoms with van der Waals surface area (Å²) in [6, 6.07) is 5.42. The molecule has 5 heteroatoms. The minimum Gasteiger partial charge on any atom is -0.368 e. The maximum Gasteiger partial charge on any atom is 0.222 e. The molecule has 1 aromatic heterocycles. The summed E-state index contributed by atoms with van der Waals surface area (Å²) >= 11 is 0. The normalized spacial score (nSPS) is 11.8. The van der Waals surface area contributed by atoms with Gasteiger partial charge >= 0.3 is 0 Å². The Bertz CT molecular complexity index is 544. The lowest BCUT2D eigenvalue weighted by Crippen LogP contribution is -2.09. The number of nitrogens with zero attached hydrogens (tertiary/aromatic N) is 1. The molecule has 3 nitrogen and oxygen atoms in total. The number of alkyl halides is 1. The number of rotatable bonds is 2. The lowest BCUT2D eigenvalue weighted by Gasteiger charge is -2.15. The third-order valence-corrected chi connectivity index (χ3v) is 2.46. The average molecular weight is 238 g/mol. The standard InChI is InChI=1S/C12H12F2N2O/c1-12(2,14)7-3-4-9(13)8(5-7)10-6-11(15)17-16-10/h3-6H,15H2,1-2H3. The zero-order valence-electron chi connectivity index (χ0n) is 9.50. The Labute approximate surface area is 97.2 Å². The van der Waals surface area contributed by atoms with Crippen molar-refractivity contribution >= 4 is 5.88 Å². The summed E-state index contributed by atoms with van der Waals surface area (Å²) in [5.41, 5.74) is 4.62. The van der Waals surface area contributed by atoms with Gasteiger partial charge in [0.25, 0.3) is 0 Å². The first kappa shape index (κ1) is 11.6. The van der Waals surface area contributed by atoms with E-state index in [-0.39, 0.29) is 17.1 Å². The summed E-state index contributed by atoms with van der Waals surface area (Å²) in [7, 11) is 0. The molecule has 0 radical (unpaired) electrons. The van der Waals surface area contributed by atoms with E-state index >= 15 is 0 Å². The minimum atomic E-state index is -1.54. The first-order valence-electron chi connectivity index (χ1n) is 5.09. The SMILES string of the molecule is CC(C)(F)c1ccc(F)c(-c2cc(N)on2)c1. The van der Waals surface area contributed by atoms with Crippen LogP contribution in [0.15, 0.2) is 28.8 Å². The van der Waals surface area contributed by atoms with Crippen molar-refractivity contribution in [3.8, 4) is 11.3 Å². The van der Waals surface area contributed by atoms with E-state index in [1.165, 1.54) is 38.1 Å². The smallest absolute Gasteiger partial charge is 0.222 e. The number of hydrogen-bond donors (Lipinski definition) is 1. The molecule has 0 saturated heterocycles. The molecule has 0 fully saturated rings. The maximum absolute atomic E-state index is 13.8. The van der Waals surface area contributed by atoms with Crippen molar-refractivity contribution in [2.75, 3.05) is 5.73 Å². The highest BCUT2D eigenvalue weighted by Gasteiger charge is 2.21. The molecular formula is C12H12F2N2O. The molecule has 0 aliphatic rings. The molecule has 0 spiro atoms. The predicted octanol–water partition coefficient (Wildman–Crippen LogP) is 3.27. The van der Waals surface area contributed by atoms with E-state index in [2.05, 4.69) is 9.68 Å². The van der Waals surface area contributed by atoms with Crippen LogP contribution in [0, 0.1) is 5.82 Å². The second kappa shape index (κ2) is 3.84. The third kappa shape index (κ3) is 2.27. The van der Waals surface area contributed by atoms with Crippen LogP contribution in [0.25, 0.3) is 11.3 Å². The monoisotopic (exact) mass is 238 g/mol. The van der Waals surface area contributed by atoms with E-state index < -0.39 is 11.5 Å². The number of aromatic nitrogens is 1. The highest BCUT2D eigenvalue weighted by Crippen LogP contribution is 2.30. The summed E-state index contributed by atoms with van der Waals surface area (Å²) in [6.45, 7) is 2.81. The molecule has 1 heterocycles. The van der Waals surface area contributed by atoms with Gasteiger partial charge in [0.1, 0.15) is 17.2 Å².